The molecule has 1 heterocycles. The number of rotatable bonds is 0. The Hall–Kier alpha value is -0.770. The van der Waals surface area contributed by atoms with Crippen molar-refractivity contribution < 1.29 is 9.95 Å². The quantitative estimate of drug-likeness (QED) is 0.384. The van der Waals surface area contributed by atoms with Gasteiger partial charge in [0.2, 0.25) is 0 Å². The van der Waals surface area contributed by atoms with Crippen molar-refractivity contribution in [1.82, 2.24) is 5.06 Å². The number of hydrogen-bond acceptors (Lipinski definition) is 2. The summed E-state index contributed by atoms with van der Waals surface area (Å²) < 4.78 is 0.708. The van der Waals surface area contributed by atoms with Crippen LogP contribution >= 0.6 is 0 Å². The van der Waals surface area contributed by atoms with E-state index in [2.05, 4.69) is 0 Å². The normalized spacial score (nSPS) is 27.0. The first kappa shape index (κ1) is 8.33. The number of hydrogen-bond donors (Lipinski definition) is 0. The molecular weight excluding hydrogens is 144 g/mol. The van der Waals surface area contributed by atoms with Crippen molar-refractivity contribution >= 4 is 6.34 Å². The fraction of sp³-hybridized carbons (Fsp3) is 0.857. The summed E-state index contributed by atoms with van der Waals surface area (Å²) in [7, 11) is 0. The van der Waals surface area contributed by atoms with Gasteiger partial charge in [0.25, 0.3) is 6.34 Å². The molecule has 0 atom stereocenters. The number of nitrogens with zero attached hydrogens (tertiary/aromatic N) is 2. The van der Waals surface area contributed by atoms with Crippen LogP contribution in [-0.4, -0.2) is 27.2 Å². The third kappa shape index (κ3) is 0.822. The zero-order valence-corrected chi connectivity index (χ0v) is 7.29. The highest BCUT2D eigenvalue weighted by Crippen LogP contribution is 2.32. The Bertz CT molecular complexity index is 208. The molecule has 1 aliphatic heterocycles. The summed E-state index contributed by atoms with van der Waals surface area (Å²) in [6.07, 6.45) is 1.06. The lowest BCUT2D eigenvalue weighted by atomic mass is 9.84. The van der Waals surface area contributed by atoms with E-state index in [0.29, 0.717) is 9.80 Å². The number of hydroxylamine groups is 3. The average Bonchev–Trinajstić information content (AvgIpc) is 1.95. The summed E-state index contributed by atoms with van der Waals surface area (Å²) in [6.45, 7) is 7.03. The molecule has 0 aromatic heterocycles. The zero-order chi connectivity index (χ0) is 8.86. The van der Waals surface area contributed by atoms with Gasteiger partial charge < -0.3 is 5.21 Å². The maximum Gasteiger partial charge on any atom is 0.272 e. The van der Waals surface area contributed by atoms with Crippen LogP contribution in [0.4, 0.5) is 0 Å². The molecule has 0 fully saturated rings. The van der Waals surface area contributed by atoms with Gasteiger partial charge in [0.05, 0.1) is 0 Å². The van der Waals surface area contributed by atoms with Crippen LogP contribution in [0.2, 0.25) is 0 Å². The highest BCUT2D eigenvalue weighted by molar-refractivity contribution is 5.52. The van der Waals surface area contributed by atoms with Crippen molar-refractivity contribution in [2.75, 3.05) is 0 Å². The second-order valence-electron chi connectivity index (χ2n) is 3.89. The first-order valence-electron chi connectivity index (χ1n) is 3.58. The van der Waals surface area contributed by atoms with E-state index < -0.39 is 11.1 Å². The van der Waals surface area contributed by atoms with Crippen LogP contribution in [0.15, 0.2) is 0 Å². The van der Waals surface area contributed by atoms with Gasteiger partial charge in [0.15, 0.2) is 5.54 Å². The molecule has 0 aromatic carbocycles. The Morgan fingerprint density at radius 1 is 1.36 bits per heavy atom. The summed E-state index contributed by atoms with van der Waals surface area (Å²) in [5.74, 6) is 0. The molecule has 0 saturated heterocycles. The van der Waals surface area contributed by atoms with Crippen molar-refractivity contribution in [2.24, 2.45) is 0 Å². The Labute approximate surface area is 66.3 Å². The Balaban J connectivity index is 3.07. The SMILES string of the molecule is CC1(C)N([O])C=[N+]([O-])C1(C)C. The van der Waals surface area contributed by atoms with Gasteiger partial charge >= 0.3 is 0 Å². The van der Waals surface area contributed by atoms with E-state index in [1.54, 1.807) is 27.7 Å². The standard InChI is InChI=1S/C7H13N2O2/c1-6(2)7(3,4)9(11)5-8(6)10/h5H,1-4H3. The second kappa shape index (κ2) is 1.88. The lowest BCUT2D eigenvalue weighted by molar-refractivity contribution is -0.536. The summed E-state index contributed by atoms with van der Waals surface area (Å²) in [5, 5.41) is 23.0. The van der Waals surface area contributed by atoms with Gasteiger partial charge in [0.1, 0.15) is 5.54 Å². The van der Waals surface area contributed by atoms with E-state index in [1.165, 1.54) is 0 Å². The zero-order valence-electron chi connectivity index (χ0n) is 7.29. The molecule has 63 valence electrons. The monoisotopic (exact) mass is 157 g/mol. The van der Waals surface area contributed by atoms with Crippen LogP contribution in [0.1, 0.15) is 27.7 Å². The maximum absolute atomic E-state index is 11.1. The molecule has 0 bridgehead atoms. The summed E-state index contributed by atoms with van der Waals surface area (Å²) in [6, 6.07) is 0. The fourth-order valence-electron chi connectivity index (χ4n) is 0.923. The van der Waals surface area contributed by atoms with E-state index >= 15 is 0 Å². The predicted octanol–water partition coefficient (Wildman–Crippen LogP) is 0.743. The van der Waals surface area contributed by atoms with Crippen LogP contribution in [0, 0.1) is 5.21 Å². The molecule has 1 aliphatic rings. The molecule has 1 radical (unpaired) electrons. The lowest BCUT2D eigenvalue weighted by Crippen LogP contribution is -2.52. The molecule has 0 N–H and O–H groups in total. The third-order valence-electron chi connectivity index (χ3n) is 2.81. The molecule has 0 amide bonds. The molecule has 4 heteroatoms. The van der Waals surface area contributed by atoms with E-state index in [1.807, 2.05) is 0 Å². The first-order valence-corrected chi connectivity index (χ1v) is 3.58. The molecule has 0 spiro atoms. The fourth-order valence-corrected chi connectivity index (χ4v) is 0.923. The molecule has 4 nitrogen and oxygen atoms in total. The van der Waals surface area contributed by atoms with Gasteiger partial charge in [-0.15, -0.1) is 0 Å². The van der Waals surface area contributed by atoms with Gasteiger partial charge in [0, 0.05) is 5.21 Å². The smallest absolute Gasteiger partial charge is 0.272 e. The second-order valence-corrected chi connectivity index (χ2v) is 3.89. The van der Waals surface area contributed by atoms with Gasteiger partial charge in [-0.05, 0) is 27.7 Å². The van der Waals surface area contributed by atoms with Crippen LogP contribution in [0.5, 0.6) is 0 Å². The third-order valence-corrected chi connectivity index (χ3v) is 2.81. The van der Waals surface area contributed by atoms with Crippen molar-refractivity contribution in [3.8, 4) is 0 Å². The Kier molecular flexibility index (Phi) is 1.42. The minimum Gasteiger partial charge on any atom is -0.715 e. The first-order chi connectivity index (χ1) is 4.80. The topological polar surface area (TPSA) is 49.2 Å². The van der Waals surface area contributed by atoms with Gasteiger partial charge in [-0.25, -0.2) is 0 Å². The minimum absolute atomic E-state index is 0.644. The van der Waals surface area contributed by atoms with Crippen molar-refractivity contribution in [1.29, 1.82) is 0 Å². The van der Waals surface area contributed by atoms with E-state index in [4.69, 9.17) is 0 Å². The van der Waals surface area contributed by atoms with E-state index in [-0.39, 0.29) is 0 Å². The van der Waals surface area contributed by atoms with Crippen LogP contribution in [0.25, 0.3) is 0 Å². The maximum atomic E-state index is 11.1. The van der Waals surface area contributed by atoms with Crippen LogP contribution < -0.4 is 0 Å². The van der Waals surface area contributed by atoms with Crippen LogP contribution in [0.3, 0.4) is 0 Å². The summed E-state index contributed by atoms with van der Waals surface area (Å²) in [4.78, 5) is 0. The molecule has 11 heavy (non-hydrogen) atoms. The Morgan fingerprint density at radius 3 is 1.91 bits per heavy atom. The molecular formula is C7H13N2O2. The van der Waals surface area contributed by atoms with Crippen LogP contribution in [-0.2, 0) is 5.21 Å². The molecule has 0 aromatic rings. The predicted molar refractivity (Wildman–Crippen MR) is 40.4 cm³/mol. The van der Waals surface area contributed by atoms with Gasteiger partial charge in [-0.2, -0.15) is 0 Å². The summed E-state index contributed by atoms with van der Waals surface area (Å²) in [5.41, 5.74) is -1.29. The highest BCUT2D eigenvalue weighted by Gasteiger charge is 2.55. The van der Waals surface area contributed by atoms with Crippen molar-refractivity contribution in [2.45, 2.75) is 38.8 Å². The molecule has 0 aliphatic carbocycles. The van der Waals surface area contributed by atoms with E-state index in [9.17, 15) is 10.4 Å². The molecule has 1 rings (SSSR count). The lowest BCUT2D eigenvalue weighted by Gasteiger charge is -2.33. The average molecular weight is 157 g/mol. The van der Waals surface area contributed by atoms with E-state index in [0.717, 1.165) is 6.34 Å². The van der Waals surface area contributed by atoms with Gasteiger partial charge in [-0.1, -0.05) is 5.06 Å². The van der Waals surface area contributed by atoms with Crippen molar-refractivity contribution in [3.63, 3.8) is 0 Å². The highest BCUT2D eigenvalue weighted by atomic mass is 16.5. The van der Waals surface area contributed by atoms with Crippen molar-refractivity contribution in [3.05, 3.63) is 5.21 Å². The summed E-state index contributed by atoms with van der Waals surface area (Å²) >= 11 is 0. The molecule has 0 unspecified atom stereocenters. The van der Waals surface area contributed by atoms with Gasteiger partial charge in [-0.3, -0.25) is 4.74 Å². The minimum atomic E-state index is -0.644. The largest absolute Gasteiger partial charge is 0.715 e. The Morgan fingerprint density at radius 2 is 1.82 bits per heavy atom. The molecule has 0 saturated carbocycles.